The van der Waals surface area contributed by atoms with Crippen LogP contribution in [0.5, 0.6) is 11.5 Å². The van der Waals surface area contributed by atoms with Gasteiger partial charge in [-0.05, 0) is 36.6 Å². The van der Waals surface area contributed by atoms with Crippen LogP contribution >= 0.6 is 0 Å². The lowest BCUT2D eigenvalue weighted by atomic mass is 9.96. The predicted molar refractivity (Wildman–Crippen MR) is 89.3 cm³/mol. The van der Waals surface area contributed by atoms with Crippen molar-refractivity contribution in [2.45, 2.75) is 24.9 Å². The Morgan fingerprint density at radius 2 is 1.88 bits per heavy atom. The molecule has 1 saturated carbocycles. The summed E-state index contributed by atoms with van der Waals surface area (Å²) in [5.41, 5.74) is 1.55. The zero-order valence-electron chi connectivity index (χ0n) is 13.8. The number of halogens is 2. The molecule has 1 aliphatic rings. The Balaban J connectivity index is 1.67. The molecular weight excluding hydrogens is 328 g/mol. The Morgan fingerprint density at radius 3 is 2.48 bits per heavy atom. The number of hydrogen-bond acceptors (Lipinski definition) is 3. The molecule has 0 heterocycles. The van der Waals surface area contributed by atoms with Crippen LogP contribution in [-0.2, 0) is 5.41 Å². The van der Waals surface area contributed by atoms with E-state index >= 15 is 0 Å². The number of hydrogen-bond donors (Lipinski definition) is 1. The number of alkyl halides is 2. The molecule has 0 radical (unpaired) electrons. The molecule has 1 aliphatic carbocycles. The van der Waals surface area contributed by atoms with E-state index in [9.17, 15) is 13.6 Å². The fourth-order valence-electron chi connectivity index (χ4n) is 2.86. The third kappa shape index (κ3) is 3.90. The van der Waals surface area contributed by atoms with Crippen LogP contribution in [0.3, 0.4) is 0 Å². The van der Waals surface area contributed by atoms with Gasteiger partial charge in [-0.3, -0.25) is 4.79 Å². The lowest BCUT2D eigenvalue weighted by Crippen LogP contribution is -2.32. The summed E-state index contributed by atoms with van der Waals surface area (Å²) in [5.74, 6) is -0.279. The molecule has 132 valence electrons. The largest absolute Gasteiger partial charge is 0.493 e. The molecule has 25 heavy (non-hydrogen) atoms. The minimum absolute atomic E-state index is 0.000264. The minimum Gasteiger partial charge on any atom is -0.493 e. The fraction of sp³-hybridized carbons (Fsp3) is 0.316. The maximum absolute atomic E-state index is 12.4. The van der Waals surface area contributed by atoms with Gasteiger partial charge in [-0.15, -0.1) is 0 Å². The van der Waals surface area contributed by atoms with Crippen molar-refractivity contribution in [1.29, 1.82) is 0 Å². The quantitative estimate of drug-likeness (QED) is 0.830. The molecule has 0 spiro atoms. The van der Waals surface area contributed by atoms with Gasteiger partial charge >= 0.3 is 6.61 Å². The first-order chi connectivity index (χ1) is 12.0. The highest BCUT2D eigenvalue weighted by atomic mass is 19.3. The van der Waals surface area contributed by atoms with Crippen molar-refractivity contribution in [2.24, 2.45) is 0 Å². The zero-order valence-corrected chi connectivity index (χ0v) is 13.8. The van der Waals surface area contributed by atoms with E-state index in [-0.39, 0.29) is 22.8 Å². The number of amides is 1. The summed E-state index contributed by atoms with van der Waals surface area (Å²) >= 11 is 0. The van der Waals surface area contributed by atoms with Crippen LogP contribution in [0.4, 0.5) is 8.78 Å². The molecule has 1 N–H and O–H groups in total. The number of carbonyl (C=O) groups excluding carboxylic acids is 1. The zero-order chi connectivity index (χ0) is 17.9. The van der Waals surface area contributed by atoms with Crippen LogP contribution in [0.1, 0.15) is 28.8 Å². The van der Waals surface area contributed by atoms with Gasteiger partial charge in [0.05, 0.1) is 7.11 Å². The van der Waals surface area contributed by atoms with Crippen molar-refractivity contribution >= 4 is 5.91 Å². The summed E-state index contributed by atoms with van der Waals surface area (Å²) in [7, 11) is 1.34. The number of carbonyl (C=O) groups is 1. The van der Waals surface area contributed by atoms with Gasteiger partial charge in [0, 0.05) is 17.5 Å². The van der Waals surface area contributed by atoms with E-state index < -0.39 is 6.61 Å². The Hall–Kier alpha value is -2.63. The molecule has 0 aliphatic heterocycles. The van der Waals surface area contributed by atoms with Crippen LogP contribution in [0.15, 0.2) is 48.5 Å². The van der Waals surface area contributed by atoms with Gasteiger partial charge in [0.15, 0.2) is 11.5 Å². The topological polar surface area (TPSA) is 47.6 Å². The monoisotopic (exact) mass is 347 g/mol. The third-order valence-corrected chi connectivity index (χ3v) is 4.47. The van der Waals surface area contributed by atoms with Gasteiger partial charge in [-0.1, -0.05) is 30.3 Å². The van der Waals surface area contributed by atoms with Crippen LogP contribution in [0.25, 0.3) is 0 Å². The molecule has 6 heteroatoms. The van der Waals surface area contributed by atoms with Crippen LogP contribution < -0.4 is 14.8 Å². The molecule has 1 fully saturated rings. The molecule has 0 unspecified atom stereocenters. The first kappa shape index (κ1) is 17.2. The molecule has 0 atom stereocenters. The Labute approximate surface area is 144 Å². The van der Waals surface area contributed by atoms with Gasteiger partial charge in [-0.25, -0.2) is 0 Å². The summed E-state index contributed by atoms with van der Waals surface area (Å²) < 4.78 is 34.1. The summed E-state index contributed by atoms with van der Waals surface area (Å²) in [4.78, 5) is 12.4. The van der Waals surface area contributed by atoms with Crippen molar-refractivity contribution in [1.82, 2.24) is 5.32 Å². The summed E-state index contributed by atoms with van der Waals surface area (Å²) in [6.45, 7) is -2.41. The average Bonchev–Trinajstić information content (AvgIpc) is 3.41. The predicted octanol–water partition coefficient (Wildman–Crippen LogP) is 3.76. The highest BCUT2D eigenvalue weighted by molar-refractivity contribution is 5.95. The summed E-state index contributed by atoms with van der Waals surface area (Å²) in [6, 6.07) is 14.2. The molecule has 2 aromatic carbocycles. The second-order valence-corrected chi connectivity index (χ2v) is 6.07. The van der Waals surface area contributed by atoms with Crippen molar-refractivity contribution < 1.29 is 23.0 Å². The van der Waals surface area contributed by atoms with E-state index in [1.165, 1.54) is 30.9 Å². The Kier molecular flexibility index (Phi) is 4.88. The smallest absolute Gasteiger partial charge is 0.387 e. The van der Waals surface area contributed by atoms with Crippen molar-refractivity contribution in [3.8, 4) is 11.5 Å². The lowest BCUT2D eigenvalue weighted by molar-refractivity contribution is -0.0512. The van der Waals surface area contributed by atoms with Gasteiger partial charge in [0.1, 0.15) is 0 Å². The fourth-order valence-corrected chi connectivity index (χ4v) is 2.86. The molecule has 3 rings (SSSR count). The first-order valence-corrected chi connectivity index (χ1v) is 8.01. The highest BCUT2D eigenvalue weighted by Gasteiger charge is 2.44. The number of methoxy groups -OCH3 is 1. The lowest BCUT2D eigenvalue weighted by Gasteiger charge is -2.17. The van der Waals surface area contributed by atoms with Crippen LogP contribution in [0.2, 0.25) is 0 Å². The molecule has 0 bridgehead atoms. The number of nitrogens with one attached hydrogen (secondary N) is 1. The maximum atomic E-state index is 12.4. The Morgan fingerprint density at radius 1 is 1.16 bits per heavy atom. The first-order valence-electron chi connectivity index (χ1n) is 8.01. The standard InChI is InChI=1S/C19H19F2NO3/c1-24-16-11-13(7-8-15(16)25-18(20)21)17(23)22-12-19(9-10-19)14-5-3-2-4-6-14/h2-8,11,18H,9-10,12H2,1H3,(H,22,23). The summed E-state index contributed by atoms with van der Waals surface area (Å²) in [6.07, 6.45) is 2.06. The second-order valence-electron chi connectivity index (χ2n) is 6.07. The third-order valence-electron chi connectivity index (χ3n) is 4.47. The van der Waals surface area contributed by atoms with E-state index in [0.29, 0.717) is 12.1 Å². The minimum atomic E-state index is -2.95. The molecule has 4 nitrogen and oxygen atoms in total. The van der Waals surface area contributed by atoms with E-state index in [0.717, 1.165) is 12.8 Å². The molecule has 0 saturated heterocycles. The SMILES string of the molecule is COc1cc(C(=O)NCC2(c3ccccc3)CC2)ccc1OC(F)F. The normalized spacial score (nSPS) is 14.9. The van der Waals surface area contributed by atoms with Crippen LogP contribution in [-0.4, -0.2) is 26.2 Å². The van der Waals surface area contributed by atoms with Crippen LogP contribution in [0, 0.1) is 0 Å². The molecule has 0 aromatic heterocycles. The number of rotatable bonds is 7. The maximum Gasteiger partial charge on any atom is 0.387 e. The highest BCUT2D eigenvalue weighted by Crippen LogP contribution is 2.47. The number of ether oxygens (including phenoxy) is 2. The van der Waals surface area contributed by atoms with E-state index in [4.69, 9.17) is 4.74 Å². The molecular formula is C19H19F2NO3. The van der Waals surface area contributed by atoms with Gasteiger partial charge in [-0.2, -0.15) is 8.78 Å². The molecule has 1 amide bonds. The van der Waals surface area contributed by atoms with Gasteiger partial charge in [0.25, 0.3) is 5.91 Å². The second kappa shape index (κ2) is 7.09. The average molecular weight is 347 g/mol. The van der Waals surface area contributed by atoms with Crippen molar-refractivity contribution in [3.63, 3.8) is 0 Å². The number of benzene rings is 2. The van der Waals surface area contributed by atoms with Gasteiger partial charge in [0.2, 0.25) is 0 Å². The molecule has 2 aromatic rings. The van der Waals surface area contributed by atoms with E-state index in [1.54, 1.807) is 0 Å². The summed E-state index contributed by atoms with van der Waals surface area (Å²) in [5, 5.41) is 2.93. The van der Waals surface area contributed by atoms with Crippen molar-refractivity contribution in [3.05, 3.63) is 59.7 Å². The van der Waals surface area contributed by atoms with Crippen molar-refractivity contribution in [2.75, 3.05) is 13.7 Å². The van der Waals surface area contributed by atoms with Gasteiger partial charge < -0.3 is 14.8 Å². The van der Waals surface area contributed by atoms with E-state index in [2.05, 4.69) is 22.2 Å². The van der Waals surface area contributed by atoms with E-state index in [1.807, 2.05) is 18.2 Å². The Bertz CT molecular complexity index is 746.